The number of rotatable bonds is 6. The van der Waals surface area contributed by atoms with Gasteiger partial charge in [0.2, 0.25) is 5.95 Å². The molecule has 0 aromatic carbocycles. The number of nitrogens with zero attached hydrogens (tertiary/aromatic N) is 2. The molecule has 0 aliphatic rings. The first-order valence-electron chi connectivity index (χ1n) is 6.65. The predicted molar refractivity (Wildman–Crippen MR) is 73.5 cm³/mol. The van der Waals surface area contributed by atoms with E-state index in [1.807, 2.05) is 13.2 Å². The Bertz CT molecular complexity index is 356. The highest BCUT2D eigenvalue weighted by molar-refractivity contribution is 5.33. The molecule has 0 atom stereocenters. The molecule has 0 aliphatic carbocycles. The second-order valence-corrected chi connectivity index (χ2v) is 4.84. The van der Waals surface area contributed by atoms with E-state index in [9.17, 15) is 0 Å². The molecule has 1 N–H and O–H groups in total. The van der Waals surface area contributed by atoms with Gasteiger partial charge in [0, 0.05) is 18.7 Å². The second kappa shape index (κ2) is 5.99. The molecule has 1 aromatic rings. The summed E-state index contributed by atoms with van der Waals surface area (Å²) < 4.78 is 0. The van der Waals surface area contributed by atoms with Crippen molar-refractivity contribution in [3.8, 4) is 0 Å². The Balaban J connectivity index is 3.25. The standard InChI is InChI=1S/C14H25N3/c1-6-9-11-10-16-13(15-5)17-12(11)14(4,7-2)8-3/h10H,6-9H2,1-5H3,(H,15,16,17). The highest BCUT2D eigenvalue weighted by Crippen LogP contribution is 2.32. The van der Waals surface area contributed by atoms with Crippen LogP contribution in [0.15, 0.2) is 6.20 Å². The molecule has 17 heavy (non-hydrogen) atoms. The second-order valence-electron chi connectivity index (χ2n) is 4.84. The van der Waals surface area contributed by atoms with Gasteiger partial charge in [-0.1, -0.05) is 34.1 Å². The summed E-state index contributed by atoms with van der Waals surface area (Å²) in [5.41, 5.74) is 2.69. The van der Waals surface area contributed by atoms with Crippen LogP contribution in [0.25, 0.3) is 0 Å². The highest BCUT2D eigenvalue weighted by Gasteiger charge is 2.27. The first-order chi connectivity index (χ1) is 8.11. The molecule has 1 rings (SSSR count). The van der Waals surface area contributed by atoms with Crippen LogP contribution >= 0.6 is 0 Å². The lowest BCUT2D eigenvalue weighted by molar-refractivity contribution is 0.421. The zero-order chi connectivity index (χ0) is 12.9. The summed E-state index contributed by atoms with van der Waals surface area (Å²) in [5, 5.41) is 3.03. The molecule has 3 heteroatoms. The molecule has 3 nitrogen and oxygen atoms in total. The van der Waals surface area contributed by atoms with Crippen LogP contribution < -0.4 is 5.32 Å². The smallest absolute Gasteiger partial charge is 0.222 e. The summed E-state index contributed by atoms with van der Waals surface area (Å²) in [6.07, 6.45) is 6.41. The summed E-state index contributed by atoms with van der Waals surface area (Å²) in [6, 6.07) is 0. The Labute approximate surface area is 105 Å². The van der Waals surface area contributed by atoms with E-state index in [0.717, 1.165) is 31.6 Å². The number of anilines is 1. The molecule has 1 heterocycles. The highest BCUT2D eigenvalue weighted by atomic mass is 15.1. The molecule has 0 saturated carbocycles. The predicted octanol–water partition coefficient (Wildman–Crippen LogP) is 3.55. The fraction of sp³-hybridized carbons (Fsp3) is 0.714. The van der Waals surface area contributed by atoms with Crippen molar-refractivity contribution in [2.24, 2.45) is 0 Å². The number of hydrogen-bond acceptors (Lipinski definition) is 3. The van der Waals surface area contributed by atoms with Crippen LogP contribution in [0.3, 0.4) is 0 Å². The third-order valence-electron chi connectivity index (χ3n) is 3.74. The zero-order valence-electron chi connectivity index (χ0n) is 11.8. The Morgan fingerprint density at radius 1 is 1.24 bits per heavy atom. The molecular formula is C14H25N3. The monoisotopic (exact) mass is 235 g/mol. The Morgan fingerprint density at radius 2 is 1.88 bits per heavy atom. The number of aromatic nitrogens is 2. The van der Waals surface area contributed by atoms with Gasteiger partial charge in [0.05, 0.1) is 5.69 Å². The van der Waals surface area contributed by atoms with Crippen molar-refractivity contribution in [1.82, 2.24) is 9.97 Å². The lowest BCUT2D eigenvalue weighted by Gasteiger charge is -2.28. The van der Waals surface area contributed by atoms with Crippen molar-refractivity contribution in [3.05, 3.63) is 17.5 Å². The normalized spacial score (nSPS) is 11.6. The van der Waals surface area contributed by atoms with Gasteiger partial charge in [0.15, 0.2) is 0 Å². The first-order valence-corrected chi connectivity index (χ1v) is 6.65. The third kappa shape index (κ3) is 2.96. The van der Waals surface area contributed by atoms with E-state index in [0.29, 0.717) is 0 Å². The SMILES string of the molecule is CCCc1cnc(NC)nc1C(C)(CC)CC. The maximum atomic E-state index is 4.70. The number of hydrogen-bond donors (Lipinski definition) is 1. The summed E-state index contributed by atoms with van der Waals surface area (Å²) in [4.78, 5) is 9.04. The first kappa shape index (κ1) is 13.9. The van der Waals surface area contributed by atoms with Crippen molar-refractivity contribution in [2.75, 3.05) is 12.4 Å². The van der Waals surface area contributed by atoms with E-state index in [2.05, 4.69) is 38.0 Å². The van der Waals surface area contributed by atoms with E-state index in [1.165, 1.54) is 11.3 Å². The Kier molecular flexibility index (Phi) is 4.91. The van der Waals surface area contributed by atoms with Crippen LogP contribution in [0, 0.1) is 0 Å². The van der Waals surface area contributed by atoms with Gasteiger partial charge in [-0.25, -0.2) is 9.97 Å². The molecule has 0 aliphatic heterocycles. The molecule has 96 valence electrons. The van der Waals surface area contributed by atoms with Crippen molar-refractivity contribution >= 4 is 5.95 Å². The van der Waals surface area contributed by atoms with Gasteiger partial charge >= 0.3 is 0 Å². The Hall–Kier alpha value is -1.12. The van der Waals surface area contributed by atoms with Crippen molar-refractivity contribution in [2.45, 2.75) is 58.8 Å². The summed E-state index contributed by atoms with van der Waals surface area (Å²) in [7, 11) is 1.87. The summed E-state index contributed by atoms with van der Waals surface area (Å²) in [5.74, 6) is 0.730. The molecule has 0 fully saturated rings. The van der Waals surface area contributed by atoms with Crippen LogP contribution in [-0.4, -0.2) is 17.0 Å². The molecule has 0 bridgehead atoms. The lowest BCUT2D eigenvalue weighted by Crippen LogP contribution is -2.24. The van der Waals surface area contributed by atoms with Crippen LogP contribution in [0.1, 0.15) is 58.2 Å². The van der Waals surface area contributed by atoms with E-state index >= 15 is 0 Å². The fourth-order valence-corrected chi connectivity index (χ4v) is 2.09. The minimum absolute atomic E-state index is 0.166. The Morgan fingerprint density at radius 3 is 2.35 bits per heavy atom. The minimum atomic E-state index is 0.166. The van der Waals surface area contributed by atoms with Gasteiger partial charge in [0.1, 0.15) is 0 Å². The molecule has 0 spiro atoms. The van der Waals surface area contributed by atoms with Crippen LogP contribution in [0.4, 0.5) is 5.95 Å². The van der Waals surface area contributed by atoms with Crippen molar-refractivity contribution in [1.29, 1.82) is 0 Å². The minimum Gasteiger partial charge on any atom is -0.357 e. The molecular weight excluding hydrogens is 210 g/mol. The number of nitrogens with one attached hydrogen (secondary N) is 1. The van der Waals surface area contributed by atoms with Gasteiger partial charge < -0.3 is 5.32 Å². The van der Waals surface area contributed by atoms with E-state index in [-0.39, 0.29) is 5.41 Å². The van der Waals surface area contributed by atoms with Crippen molar-refractivity contribution < 1.29 is 0 Å². The summed E-state index contributed by atoms with van der Waals surface area (Å²) >= 11 is 0. The van der Waals surface area contributed by atoms with Gasteiger partial charge in [-0.3, -0.25) is 0 Å². The molecule has 0 amide bonds. The van der Waals surface area contributed by atoms with Crippen molar-refractivity contribution in [3.63, 3.8) is 0 Å². The van der Waals surface area contributed by atoms with Gasteiger partial charge in [-0.2, -0.15) is 0 Å². The average Bonchev–Trinajstić information content (AvgIpc) is 2.38. The zero-order valence-corrected chi connectivity index (χ0v) is 11.8. The molecule has 0 unspecified atom stereocenters. The molecule has 1 aromatic heterocycles. The maximum absolute atomic E-state index is 4.70. The van der Waals surface area contributed by atoms with E-state index in [4.69, 9.17) is 4.98 Å². The van der Waals surface area contributed by atoms with Gasteiger partial charge in [-0.05, 0) is 24.8 Å². The largest absolute Gasteiger partial charge is 0.357 e. The third-order valence-corrected chi connectivity index (χ3v) is 3.74. The molecule has 0 radical (unpaired) electrons. The van der Waals surface area contributed by atoms with Crippen LogP contribution in [-0.2, 0) is 11.8 Å². The summed E-state index contributed by atoms with van der Waals surface area (Å²) in [6.45, 7) is 8.97. The van der Waals surface area contributed by atoms with E-state index in [1.54, 1.807) is 0 Å². The van der Waals surface area contributed by atoms with Gasteiger partial charge in [-0.15, -0.1) is 0 Å². The quantitative estimate of drug-likeness (QED) is 0.819. The van der Waals surface area contributed by atoms with Crippen LogP contribution in [0.5, 0.6) is 0 Å². The van der Waals surface area contributed by atoms with E-state index < -0.39 is 0 Å². The lowest BCUT2D eigenvalue weighted by atomic mass is 9.79. The van der Waals surface area contributed by atoms with Crippen LogP contribution in [0.2, 0.25) is 0 Å². The van der Waals surface area contributed by atoms with Gasteiger partial charge in [0.25, 0.3) is 0 Å². The maximum Gasteiger partial charge on any atom is 0.222 e. The average molecular weight is 235 g/mol. The number of aryl methyl sites for hydroxylation is 1. The fourth-order valence-electron chi connectivity index (χ4n) is 2.09. The topological polar surface area (TPSA) is 37.8 Å². The molecule has 0 saturated heterocycles.